The second-order valence-electron chi connectivity index (χ2n) is 10.2. The van der Waals surface area contributed by atoms with Gasteiger partial charge in [0.25, 0.3) is 0 Å². The van der Waals surface area contributed by atoms with Crippen molar-refractivity contribution in [3.8, 4) is 0 Å². The highest BCUT2D eigenvalue weighted by molar-refractivity contribution is 6.74. The van der Waals surface area contributed by atoms with Crippen LogP contribution in [0.3, 0.4) is 0 Å². The second kappa shape index (κ2) is 11.5. The van der Waals surface area contributed by atoms with Gasteiger partial charge in [-0.25, -0.2) is 9.59 Å². The molecule has 0 aliphatic heterocycles. The fourth-order valence-corrected chi connectivity index (χ4v) is 3.41. The molecule has 31 heavy (non-hydrogen) atoms. The molecular formula is C23H40N2O5Si. The van der Waals surface area contributed by atoms with Gasteiger partial charge < -0.3 is 24.5 Å². The van der Waals surface area contributed by atoms with Gasteiger partial charge >= 0.3 is 12.2 Å². The molecule has 0 saturated carbocycles. The first-order valence-corrected chi connectivity index (χ1v) is 13.7. The second-order valence-corrected chi connectivity index (χ2v) is 15.0. The zero-order valence-electron chi connectivity index (χ0n) is 20.3. The number of carbonyl (C=O) groups is 2. The van der Waals surface area contributed by atoms with Crippen LogP contribution in [0.1, 0.15) is 53.5 Å². The van der Waals surface area contributed by atoms with Crippen LogP contribution < -0.4 is 10.6 Å². The van der Waals surface area contributed by atoms with E-state index in [0.29, 0.717) is 13.0 Å². The molecule has 0 radical (unpaired) electrons. The van der Waals surface area contributed by atoms with Crippen LogP contribution in [-0.2, 0) is 20.5 Å². The summed E-state index contributed by atoms with van der Waals surface area (Å²) < 4.78 is 16.8. The average Bonchev–Trinajstić information content (AvgIpc) is 2.62. The Morgan fingerprint density at radius 3 is 2.16 bits per heavy atom. The minimum Gasteiger partial charge on any atom is -0.445 e. The number of ether oxygens (including phenoxy) is 2. The van der Waals surface area contributed by atoms with E-state index in [0.717, 1.165) is 5.56 Å². The Morgan fingerprint density at radius 2 is 1.61 bits per heavy atom. The zero-order chi connectivity index (χ0) is 23.7. The highest BCUT2D eigenvalue weighted by atomic mass is 28.4. The van der Waals surface area contributed by atoms with Gasteiger partial charge in [0.1, 0.15) is 12.2 Å². The Hall–Kier alpha value is -2.06. The lowest BCUT2D eigenvalue weighted by molar-refractivity contribution is 0.0495. The Balaban J connectivity index is 2.60. The maximum absolute atomic E-state index is 12.2. The molecule has 2 amide bonds. The molecule has 0 unspecified atom stereocenters. The molecule has 0 saturated heterocycles. The van der Waals surface area contributed by atoms with Crippen molar-refractivity contribution in [2.24, 2.45) is 0 Å². The van der Waals surface area contributed by atoms with Gasteiger partial charge in [0.2, 0.25) is 0 Å². The van der Waals surface area contributed by atoms with Crippen molar-refractivity contribution >= 4 is 20.5 Å². The number of hydrogen-bond acceptors (Lipinski definition) is 5. The molecule has 0 heterocycles. The summed E-state index contributed by atoms with van der Waals surface area (Å²) in [7, 11) is -1.90. The van der Waals surface area contributed by atoms with Crippen LogP contribution in [0.4, 0.5) is 9.59 Å². The summed E-state index contributed by atoms with van der Waals surface area (Å²) in [5, 5.41) is 5.65. The number of alkyl carbamates (subject to hydrolysis) is 2. The Labute approximate surface area is 188 Å². The molecule has 1 aromatic rings. The van der Waals surface area contributed by atoms with E-state index in [2.05, 4.69) is 44.5 Å². The number of amides is 2. The standard InChI is InChI=1S/C23H40N2O5Si/c1-22(2,3)30-21(27)25-19(14-15-29-31(7,8)23(4,5)6)16-24-20(26)28-17-18-12-10-9-11-13-18/h9-13,19H,14-17H2,1-8H3,(H,24,26)(H,25,27)/t19-/m1/s1. The van der Waals surface area contributed by atoms with Crippen molar-refractivity contribution in [1.29, 1.82) is 0 Å². The van der Waals surface area contributed by atoms with Crippen LogP contribution in [0.25, 0.3) is 0 Å². The lowest BCUT2D eigenvalue weighted by Gasteiger charge is -2.36. The molecule has 8 heteroatoms. The molecular weight excluding hydrogens is 412 g/mol. The molecule has 0 aliphatic rings. The van der Waals surface area contributed by atoms with E-state index in [9.17, 15) is 9.59 Å². The van der Waals surface area contributed by atoms with Crippen molar-refractivity contribution in [3.05, 3.63) is 35.9 Å². The Bertz CT molecular complexity index is 696. The van der Waals surface area contributed by atoms with Crippen LogP contribution >= 0.6 is 0 Å². The predicted molar refractivity (Wildman–Crippen MR) is 126 cm³/mol. The molecule has 0 bridgehead atoms. The minimum atomic E-state index is -1.90. The lowest BCUT2D eigenvalue weighted by atomic mass is 10.2. The van der Waals surface area contributed by atoms with Crippen LogP contribution in [0.15, 0.2) is 30.3 Å². The van der Waals surface area contributed by atoms with E-state index in [1.54, 1.807) is 20.8 Å². The van der Waals surface area contributed by atoms with Crippen molar-refractivity contribution in [2.75, 3.05) is 13.2 Å². The fraction of sp³-hybridized carbons (Fsp3) is 0.652. The van der Waals surface area contributed by atoms with Crippen molar-refractivity contribution in [2.45, 2.75) is 84.3 Å². The summed E-state index contributed by atoms with van der Waals surface area (Å²) in [4.78, 5) is 24.3. The van der Waals surface area contributed by atoms with Crippen LogP contribution in [0.2, 0.25) is 18.1 Å². The van der Waals surface area contributed by atoms with E-state index in [1.807, 2.05) is 30.3 Å². The first-order valence-electron chi connectivity index (χ1n) is 10.8. The molecule has 0 fully saturated rings. The molecule has 0 aromatic heterocycles. The minimum absolute atomic E-state index is 0.0978. The average molecular weight is 453 g/mol. The third-order valence-corrected chi connectivity index (χ3v) is 9.70. The van der Waals surface area contributed by atoms with Gasteiger partial charge in [0.15, 0.2) is 8.32 Å². The molecule has 2 N–H and O–H groups in total. The van der Waals surface area contributed by atoms with E-state index >= 15 is 0 Å². The van der Waals surface area contributed by atoms with Crippen molar-refractivity contribution in [3.63, 3.8) is 0 Å². The number of benzene rings is 1. The maximum Gasteiger partial charge on any atom is 0.407 e. The van der Waals surface area contributed by atoms with Crippen LogP contribution in [0.5, 0.6) is 0 Å². The summed E-state index contributed by atoms with van der Waals surface area (Å²) in [6, 6.07) is 9.11. The van der Waals surface area contributed by atoms with Gasteiger partial charge in [-0.1, -0.05) is 51.1 Å². The van der Waals surface area contributed by atoms with E-state index in [1.165, 1.54) is 0 Å². The topological polar surface area (TPSA) is 85.9 Å². The zero-order valence-corrected chi connectivity index (χ0v) is 21.3. The first-order chi connectivity index (χ1) is 14.2. The van der Waals surface area contributed by atoms with Crippen molar-refractivity contribution < 1.29 is 23.5 Å². The summed E-state index contributed by atoms with van der Waals surface area (Å²) >= 11 is 0. The number of nitrogens with one attached hydrogen (secondary N) is 2. The molecule has 7 nitrogen and oxygen atoms in total. The molecule has 1 atom stereocenters. The fourth-order valence-electron chi connectivity index (χ4n) is 2.35. The van der Waals surface area contributed by atoms with E-state index < -0.39 is 26.1 Å². The third-order valence-electron chi connectivity index (χ3n) is 5.16. The van der Waals surface area contributed by atoms with Gasteiger partial charge in [0.05, 0.1) is 6.04 Å². The number of hydrogen-bond donors (Lipinski definition) is 2. The number of carbonyl (C=O) groups excluding carboxylic acids is 2. The highest BCUT2D eigenvalue weighted by Gasteiger charge is 2.37. The summed E-state index contributed by atoms with van der Waals surface area (Å²) in [6.07, 6.45) is -0.514. The van der Waals surface area contributed by atoms with Gasteiger partial charge in [-0.3, -0.25) is 0 Å². The van der Waals surface area contributed by atoms with Crippen molar-refractivity contribution in [1.82, 2.24) is 10.6 Å². The van der Waals surface area contributed by atoms with E-state index in [4.69, 9.17) is 13.9 Å². The number of rotatable bonds is 9. The molecule has 1 aromatic carbocycles. The molecule has 0 aliphatic carbocycles. The molecule has 0 spiro atoms. The SMILES string of the molecule is CC(C)(C)OC(=O)N[C@H](CCO[Si](C)(C)C(C)(C)C)CNC(=O)OCc1ccccc1. The summed E-state index contributed by atoms with van der Waals surface area (Å²) in [5.41, 5.74) is 0.303. The lowest BCUT2D eigenvalue weighted by Crippen LogP contribution is -2.47. The van der Waals surface area contributed by atoms with Gasteiger partial charge in [-0.2, -0.15) is 0 Å². The molecule has 176 valence electrons. The summed E-state index contributed by atoms with van der Waals surface area (Å²) in [5.74, 6) is 0. The first kappa shape index (κ1) is 27.0. The predicted octanol–water partition coefficient (Wildman–Crippen LogP) is 5.22. The largest absolute Gasteiger partial charge is 0.445 e. The molecule has 1 rings (SSSR count). The van der Waals surface area contributed by atoms with Crippen LogP contribution in [0, 0.1) is 0 Å². The van der Waals surface area contributed by atoms with Gasteiger partial charge in [-0.05, 0) is 50.9 Å². The quantitative estimate of drug-likeness (QED) is 0.502. The summed E-state index contributed by atoms with van der Waals surface area (Å²) in [6.45, 7) is 17.2. The van der Waals surface area contributed by atoms with Crippen LogP contribution in [-0.4, -0.2) is 45.3 Å². The van der Waals surface area contributed by atoms with Gasteiger partial charge in [-0.15, -0.1) is 0 Å². The van der Waals surface area contributed by atoms with E-state index in [-0.39, 0.29) is 24.2 Å². The normalized spacial score (nSPS) is 13.3. The third kappa shape index (κ3) is 11.2. The monoisotopic (exact) mass is 452 g/mol. The Kier molecular flexibility index (Phi) is 10.0. The highest BCUT2D eigenvalue weighted by Crippen LogP contribution is 2.36. The van der Waals surface area contributed by atoms with Gasteiger partial charge in [0, 0.05) is 13.2 Å². The smallest absolute Gasteiger partial charge is 0.407 e. The Morgan fingerprint density at radius 1 is 1.00 bits per heavy atom. The maximum atomic E-state index is 12.2.